The van der Waals surface area contributed by atoms with Gasteiger partial charge in [0.2, 0.25) is 0 Å². The molecule has 2 aromatic carbocycles. The Kier molecular flexibility index (Phi) is 4.41. The molecule has 0 unspecified atom stereocenters. The van der Waals surface area contributed by atoms with Crippen molar-refractivity contribution in [1.82, 2.24) is 0 Å². The lowest BCUT2D eigenvalue weighted by molar-refractivity contribution is 0.555. The van der Waals surface area contributed by atoms with Crippen molar-refractivity contribution >= 4 is 38.7 Å². The van der Waals surface area contributed by atoms with E-state index in [1.54, 1.807) is 17.8 Å². The van der Waals surface area contributed by atoms with Crippen molar-refractivity contribution in [1.29, 1.82) is 0 Å². The summed E-state index contributed by atoms with van der Waals surface area (Å²) < 4.78 is 6.50. The van der Waals surface area contributed by atoms with Gasteiger partial charge < -0.3 is 4.42 Å². The Morgan fingerprint density at radius 2 is 1.82 bits per heavy atom. The third-order valence-corrected chi connectivity index (χ3v) is 5.46. The summed E-state index contributed by atoms with van der Waals surface area (Å²) in [6, 6.07) is 13.8. The van der Waals surface area contributed by atoms with Crippen molar-refractivity contribution in [3.05, 3.63) is 74.0 Å². The number of hydrogen-bond donors (Lipinski definition) is 0. The fourth-order valence-electron chi connectivity index (χ4n) is 2.42. The summed E-state index contributed by atoms with van der Waals surface area (Å²) in [6.45, 7) is 4.01. The lowest BCUT2D eigenvalue weighted by Crippen LogP contribution is -2.00. The normalized spacial score (nSPS) is 11.0. The van der Waals surface area contributed by atoms with E-state index in [0.717, 1.165) is 31.6 Å². The maximum atomic E-state index is 11.9. The molecule has 0 bridgehead atoms. The number of thioether (sulfide) groups is 1. The molecule has 0 aliphatic rings. The highest BCUT2D eigenvalue weighted by molar-refractivity contribution is 9.10. The van der Waals surface area contributed by atoms with E-state index in [4.69, 9.17) is 4.42 Å². The molecular formula is C18H15BrO2S. The van der Waals surface area contributed by atoms with Gasteiger partial charge in [0.15, 0.2) is 0 Å². The van der Waals surface area contributed by atoms with Gasteiger partial charge in [-0.2, -0.15) is 0 Å². The first kappa shape index (κ1) is 15.4. The average molecular weight is 375 g/mol. The second-order valence-electron chi connectivity index (χ2n) is 5.21. The molecule has 22 heavy (non-hydrogen) atoms. The van der Waals surface area contributed by atoms with Gasteiger partial charge in [0, 0.05) is 26.6 Å². The summed E-state index contributed by atoms with van der Waals surface area (Å²) in [7, 11) is 0. The largest absolute Gasteiger partial charge is 0.422 e. The molecular weight excluding hydrogens is 360 g/mol. The van der Waals surface area contributed by atoms with Crippen LogP contribution < -0.4 is 5.63 Å². The zero-order valence-corrected chi connectivity index (χ0v) is 14.8. The van der Waals surface area contributed by atoms with Gasteiger partial charge in [-0.3, -0.25) is 0 Å². The zero-order valence-electron chi connectivity index (χ0n) is 12.4. The van der Waals surface area contributed by atoms with E-state index in [2.05, 4.69) is 28.1 Å². The van der Waals surface area contributed by atoms with Gasteiger partial charge in [-0.15, -0.1) is 11.8 Å². The maximum absolute atomic E-state index is 11.9. The molecule has 0 aliphatic carbocycles. The quantitative estimate of drug-likeness (QED) is 0.450. The molecule has 0 N–H and O–H groups in total. The van der Waals surface area contributed by atoms with Gasteiger partial charge in [-0.25, -0.2) is 4.79 Å². The van der Waals surface area contributed by atoms with Crippen LogP contribution in [0.4, 0.5) is 0 Å². The number of halogens is 1. The summed E-state index contributed by atoms with van der Waals surface area (Å²) in [5.74, 6) is 0.799. The van der Waals surface area contributed by atoms with Crippen LogP contribution in [0.3, 0.4) is 0 Å². The SMILES string of the molecule is Cc1ccc(C)c2c(SCc3ccccc3Br)cc(=O)oc12. The van der Waals surface area contributed by atoms with Crippen LogP contribution in [0.5, 0.6) is 0 Å². The van der Waals surface area contributed by atoms with Crippen LogP contribution in [-0.4, -0.2) is 0 Å². The van der Waals surface area contributed by atoms with Gasteiger partial charge in [0.1, 0.15) is 5.58 Å². The molecule has 0 fully saturated rings. The minimum Gasteiger partial charge on any atom is -0.422 e. The van der Waals surface area contributed by atoms with Gasteiger partial charge >= 0.3 is 5.63 Å². The molecule has 0 aliphatic heterocycles. The maximum Gasteiger partial charge on any atom is 0.337 e. The Hall–Kier alpha value is -1.52. The summed E-state index contributed by atoms with van der Waals surface area (Å²) in [4.78, 5) is 12.8. The Labute approximate surface area is 141 Å². The molecule has 0 amide bonds. The highest BCUT2D eigenvalue weighted by Gasteiger charge is 2.11. The predicted octanol–water partition coefficient (Wildman–Crippen LogP) is 5.46. The monoisotopic (exact) mass is 374 g/mol. The summed E-state index contributed by atoms with van der Waals surface area (Å²) in [5, 5.41) is 1.04. The van der Waals surface area contributed by atoms with Crippen molar-refractivity contribution in [2.75, 3.05) is 0 Å². The first-order valence-corrected chi connectivity index (χ1v) is 8.74. The topological polar surface area (TPSA) is 30.2 Å². The Bertz CT molecular complexity index is 899. The van der Waals surface area contributed by atoms with Crippen molar-refractivity contribution < 1.29 is 4.42 Å². The van der Waals surface area contributed by atoms with Gasteiger partial charge in [0.05, 0.1) is 0 Å². The highest BCUT2D eigenvalue weighted by Crippen LogP contribution is 2.33. The molecule has 1 aromatic heterocycles. The standard InChI is InChI=1S/C18H15BrO2S/c1-11-7-8-12(2)18-17(11)15(9-16(20)21-18)22-10-13-5-3-4-6-14(13)19/h3-9H,10H2,1-2H3. The van der Waals surface area contributed by atoms with Crippen molar-refractivity contribution in [2.45, 2.75) is 24.5 Å². The second kappa shape index (κ2) is 6.31. The van der Waals surface area contributed by atoms with Crippen molar-refractivity contribution in [3.8, 4) is 0 Å². The highest BCUT2D eigenvalue weighted by atomic mass is 79.9. The van der Waals surface area contributed by atoms with E-state index in [1.807, 2.05) is 38.1 Å². The number of rotatable bonds is 3. The van der Waals surface area contributed by atoms with Gasteiger partial charge in [-0.1, -0.05) is 46.3 Å². The van der Waals surface area contributed by atoms with E-state index < -0.39 is 0 Å². The van der Waals surface area contributed by atoms with Gasteiger partial charge in [-0.05, 0) is 36.6 Å². The summed E-state index contributed by atoms with van der Waals surface area (Å²) in [6.07, 6.45) is 0. The Balaban J connectivity index is 2.06. The molecule has 2 nitrogen and oxygen atoms in total. The Morgan fingerprint density at radius 1 is 1.09 bits per heavy atom. The third-order valence-electron chi connectivity index (χ3n) is 3.60. The number of fused-ring (bicyclic) bond motifs is 1. The molecule has 0 saturated heterocycles. The van der Waals surface area contributed by atoms with Crippen LogP contribution in [0.15, 0.2) is 61.0 Å². The molecule has 0 atom stereocenters. The number of benzene rings is 2. The fraction of sp³-hybridized carbons (Fsp3) is 0.167. The average Bonchev–Trinajstić information content (AvgIpc) is 2.50. The lowest BCUT2D eigenvalue weighted by Gasteiger charge is -2.10. The first-order valence-electron chi connectivity index (χ1n) is 6.96. The van der Waals surface area contributed by atoms with Crippen LogP contribution in [0.2, 0.25) is 0 Å². The van der Waals surface area contributed by atoms with Gasteiger partial charge in [0.25, 0.3) is 0 Å². The van der Waals surface area contributed by atoms with Crippen molar-refractivity contribution in [3.63, 3.8) is 0 Å². The van der Waals surface area contributed by atoms with E-state index in [9.17, 15) is 4.79 Å². The molecule has 0 saturated carbocycles. The van der Waals surface area contributed by atoms with E-state index >= 15 is 0 Å². The second-order valence-corrected chi connectivity index (χ2v) is 7.08. The Morgan fingerprint density at radius 3 is 2.59 bits per heavy atom. The summed E-state index contributed by atoms with van der Waals surface area (Å²) >= 11 is 5.23. The van der Waals surface area contributed by atoms with Crippen LogP contribution in [0.1, 0.15) is 16.7 Å². The minimum absolute atomic E-state index is 0.296. The van der Waals surface area contributed by atoms with Crippen LogP contribution in [0, 0.1) is 13.8 Å². The summed E-state index contributed by atoms with van der Waals surface area (Å²) in [5.41, 5.74) is 3.72. The predicted molar refractivity (Wildman–Crippen MR) is 95.7 cm³/mol. The smallest absolute Gasteiger partial charge is 0.337 e. The third kappa shape index (κ3) is 2.99. The molecule has 112 valence electrons. The molecule has 3 rings (SSSR count). The van der Waals surface area contributed by atoms with Crippen molar-refractivity contribution in [2.24, 2.45) is 0 Å². The van der Waals surface area contributed by atoms with E-state index in [-0.39, 0.29) is 5.63 Å². The van der Waals surface area contributed by atoms with Crippen LogP contribution in [-0.2, 0) is 5.75 Å². The fourth-order valence-corrected chi connectivity index (χ4v) is 4.17. The zero-order chi connectivity index (χ0) is 15.7. The molecule has 3 aromatic rings. The van der Waals surface area contributed by atoms with Crippen LogP contribution >= 0.6 is 27.7 Å². The first-order chi connectivity index (χ1) is 10.6. The lowest BCUT2D eigenvalue weighted by atomic mass is 10.1. The number of hydrogen-bond acceptors (Lipinski definition) is 3. The van der Waals surface area contributed by atoms with E-state index in [0.29, 0.717) is 5.58 Å². The molecule has 0 radical (unpaired) electrons. The molecule has 1 heterocycles. The van der Waals surface area contributed by atoms with Crippen LogP contribution in [0.25, 0.3) is 11.0 Å². The minimum atomic E-state index is -0.296. The molecule has 0 spiro atoms. The molecule has 4 heteroatoms. The van der Waals surface area contributed by atoms with E-state index in [1.165, 1.54) is 5.56 Å². The number of aryl methyl sites for hydroxylation is 2.